The molecule has 0 spiro atoms. The normalized spacial score (nSPS) is 12.1. The van der Waals surface area contributed by atoms with Gasteiger partial charge < -0.3 is 10.1 Å². The highest BCUT2D eigenvalue weighted by Gasteiger charge is 2.33. The number of amides is 1. The summed E-state index contributed by atoms with van der Waals surface area (Å²) in [6.45, 7) is 7.21. The minimum absolute atomic E-state index is 0.0442. The molecule has 0 bridgehead atoms. The Morgan fingerprint density at radius 3 is 2.29 bits per heavy atom. The molecule has 170 valence electrons. The number of aryl methyl sites for hydroxylation is 1. The Hall–Kier alpha value is -2.66. The van der Waals surface area contributed by atoms with Crippen LogP contribution < -0.4 is 10.1 Å². The van der Waals surface area contributed by atoms with Crippen LogP contribution in [0.3, 0.4) is 0 Å². The van der Waals surface area contributed by atoms with Crippen molar-refractivity contribution in [2.75, 3.05) is 25.0 Å². The molecule has 1 aromatic carbocycles. The molecule has 0 aliphatic rings. The van der Waals surface area contributed by atoms with E-state index in [2.05, 4.69) is 10.3 Å². The van der Waals surface area contributed by atoms with Gasteiger partial charge in [0, 0.05) is 13.1 Å². The van der Waals surface area contributed by atoms with Crippen LogP contribution in [0.25, 0.3) is 0 Å². The van der Waals surface area contributed by atoms with Gasteiger partial charge in [0.25, 0.3) is 5.91 Å². The summed E-state index contributed by atoms with van der Waals surface area (Å²) in [4.78, 5) is 16.1. The van der Waals surface area contributed by atoms with Crippen LogP contribution >= 0.6 is 0 Å². The zero-order chi connectivity index (χ0) is 23.4. The number of hydrogen-bond acceptors (Lipinski definition) is 5. The lowest BCUT2D eigenvalue weighted by molar-refractivity contribution is -0.141. The number of ether oxygens (including phenoxy) is 1. The molecule has 31 heavy (non-hydrogen) atoms. The fourth-order valence-corrected chi connectivity index (χ4v) is 4.39. The monoisotopic (exact) mass is 459 g/mol. The Balaban J connectivity index is 2.44. The predicted molar refractivity (Wildman–Crippen MR) is 110 cm³/mol. The third-order valence-electron chi connectivity index (χ3n) is 4.46. The van der Waals surface area contributed by atoms with E-state index in [4.69, 9.17) is 4.74 Å². The molecule has 0 radical (unpaired) electrons. The highest BCUT2D eigenvalue weighted by atomic mass is 32.2. The minimum atomic E-state index is -4.63. The zero-order valence-electron chi connectivity index (χ0n) is 17.6. The van der Waals surface area contributed by atoms with Gasteiger partial charge in [0.05, 0.1) is 28.4 Å². The van der Waals surface area contributed by atoms with Gasteiger partial charge >= 0.3 is 6.18 Å². The molecule has 11 heteroatoms. The highest BCUT2D eigenvalue weighted by molar-refractivity contribution is 7.89. The van der Waals surface area contributed by atoms with Crippen LogP contribution in [0.1, 0.15) is 42.5 Å². The highest BCUT2D eigenvalue weighted by Crippen LogP contribution is 2.31. The lowest BCUT2D eigenvalue weighted by Crippen LogP contribution is -2.30. The van der Waals surface area contributed by atoms with Gasteiger partial charge in [-0.05, 0) is 44.2 Å². The van der Waals surface area contributed by atoms with Crippen molar-refractivity contribution in [3.63, 3.8) is 0 Å². The molecule has 7 nitrogen and oxygen atoms in total. The van der Waals surface area contributed by atoms with Gasteiger partial charge in [-0.1, -0.05) is 13.8 Å². The Bertz CT molecular complexity index is 1050. The number of nitrogens with zero attached hydrogens (tertiary/aromatic N) is 2. The summed E-state index contributed by atoms with van der Waals surface area (Å²) < 4.78 is 70.8. The molecular formula is C20H24F3N3O4S. The summed E-state index contributed by atoms with van der Waals surface area (Å²) in [6.07, 6.45) is -4.63. The first-order valence-corrected chi connectivity index (χ1v) is 11.0. The van der Waals surface area contributed by atoms with Crippen molar-refractivity contribution in [3.8, 4) is 5.75 Å². The predicted octanol–water partition coefficient (Wildman–Crippen LogP) is 4.09. The molecule has 0 aliphatic carbocycles. The number of anilines is 1. The van der Waals surface area contributed by atoms with E-state index in [1.807, 2.05) is 0 Å². The molecule has 1 N–H and O–H groups in total. The fourth-order valence-electron chi connectivity index (χ4n) is 2.91. The second-order valence-electron chi connectivity index (χ2n) is 6.46. The van der Waals surface area contributed by atoms with Crippen molar-refractivity contribution < 1.29 is 31.1 Å². The molecule has 0 saturated carbocycles. The first-order chi connectivity index (χ1) is 14.4. The summed E-state index contributed by atoms with van der Waals surface area (Å²) in [7, 11) is -3.80. The molecule has 2 rings (SSSR count). The van der Waals surface area contributed by atoms with E-state index in [0.29, 0.717) is 6.07 Å². The first kappa shape index (κ1) is 24.6. The average Bonchev–Trinajstić information content (AvgIpc) is 2.69. The Labute approximate surface area is 179 Å². The van der Waals surface area contributed by atoms with E-state index in [9.17, 15) is 26.4 Å². The van der Waals surface area contributed by atoms with E-state index in [-0.39, 0.29) is 47.3 Å². The second kappa shape index (κ2) is 9.65. The SMILES string of the molecule is CCOc1ccc(S(=O)(=O)N(CC)CC)cc1NC(=O)c1ccc(C(F)(F)F)nc1C. The Kier molecular flexibility index (Phi) is 7.66. The maximum absolute atomic E-state index is 12.8. The van der Waals surface area contributed by atoms with Crippen LogP contribution in [0.4, 0.5) is 18.9 Å². The number of rotatable bonds is 8. The van der Waals surface area contributed by atoms with Crippen molar-refractivity contribution in [3.05, 3.63) is 47.3 Å². The van der Waals surface area contributed by atoms with Crippen molar-refractivity contribution in [1.29, 1.82) is 0 Å². The number of aromatic nitrogens is 1. The van der Waals surface area contributed by atoms with Crippen molar-refractivity contribution in [2.45, 2.75) is 38.8 Å². The molecule has 1 aromatic heterocycles. The fraction of sp³-hybridized carbons (Fsp3) is 0.400. The van der Waals surface area contributed by atoms with Crippen LogP contribution in [-0.4, -0.2) is 43.3 Å². The topological polar surface area (TPSA) is 88.6 Å². The van der Waals surface area contributed by atoms with E-state index >= 15 is 0 Å². The summed E-state index contributed by atoms with van der Waals surface area (Å²) in [5, 5.41) is 2.53. The quantitative estimate of drug-likeness (QED) is 0.642. The van der Waals surface area contributed by atoms with E-state index < -0.39 is 27.8 Å². The molecule has 0 saturated heterocycles. The molecule has 1 heterocycles. The number of benzene rings is 1. The van der Waals surface area contributed by atoms with Gasteiger partial charge in [0.15, 0.2) is 0 Å². The molecule has 2 aromatic rings. The smallest absolute Gasteiger partial charge is 0.433 e. The van der Waals surface area contributed by atoms with Gasteiger partial charge in [-0.25, -0.2) is 13.4 Å². The van der Waals surface area contributed by atoms with Crippen molar-refractivity contribution in [2.24, 2.45) is 0 Å². The Morgan fingerprint density at radius 1 is 1.13 bits per heavy atom. The van der Waals surface area contributed by atoms with Gasteiger partial charge in [-0.3, -0.25) is 4.79 Å². The van der Waals surface area contributed by atoms with Gasteiger partial charge in [-0.2, -0.15) is 17.5 Å². The number of halogens is 3. The van der Waals surface area contributed by atoms with Gasteiger partial charge in [0.1, 0.15) is 11.4 Å². The zero-order valence-corrected chi connectivity index (χ0v) is 18.4. The van der Waals surface area contributed by atoms with E-state index in [1.165, 1.54) is 29.4 Å². The van der Waals surface area contributed by atoms with Crippen molar-refractivity contribution >= 4 is 21.6 Å². The van der Waals surface area contributed by atoms with Gasteiger partial charge in [-0.15, -0.1) is 0 Å². The van der Waals surface area contributed by atoms with Crippen LogP contribution in [0, 0.1) is 6.92 Å². The van der Waals surface area contributed by atoms with E-state index in [1.54, 1.807) is 20.8 Å². The third-order valence-corrected chi connectivity index (χ3v) is 6.51. The molecule has 0 aliphatic heterocycles. The largest absolute Gasteiger partial charge is 0.492 e. The van der Waals surface area contributed by atoms with Crippen LogP contribution in [0.5, 0.6) is 5.75 Å². The standard InChI is InChI=1S/C20H24F3N3O4S/c1-5-26(6-2)31(28,29)14-8-10-17(30-7-3)16(12-14)25-19(27)15-9-11-18(20(21,22)23)24-13(15)4/h8-12H,5-7H2,1-4H3,(H,25,27). The average molecular weight is 459 g/mol. The van der Waals surface area contributed by atoms with Crippen LogP contribution in [-0.2, 0) is 16.2 Å². The number of pyridine rings is 1. The number of carbonyl (C=O) groups is 1. The summed E-state index contributed by atoms with van der Waals surface area (Å²) in [6, 6.07) is 5.81. The summed E-state index contributed by atoms with van der Waals surface area (Å²) in [5.41, 5.74) is -1.21. The van der Waals surface area contributed by atoms with Crippen LogP contribution in [0.15, 0.2) is 35.2 Å². The minimum Gasteiger partial charge on any atom is -0.492 e. The van der Waals surface area contributed by atoms with E-state index in [0.717, 1.165) is 6.07 Å². The lowest BCUT2D eigenvalue weighted by atomic mass is 10.1. The number of carbonyl (C=O) groups excluding carboxylic acids is 1. The number of nitrogens with one attached hydrogen (secondary N) is 1. The third kappa shape index (κ3) is 5.53. The lowest BCUT2D eigenvalue weighted by Gasteiger charge is -2.20. The molecule has 1 amide bonds. The maximum atomic E-state index is 12.8. The first-order valence-electron chi connectivity index (χ1n) is 9.58. The summed E-state index contributed by atoms with van der Waals surface area (Å²) in [5.74, 6) is -0.510. The Morgan fingerprint density at radius 2 is 1.77 bits per heavy atom. The van der Waals surface area contributed by atoms with Gasteiger partial charge in [0.2, 0.25) is 10.0 Å². The molecule has 0 fully saturated rings. The maximum Gasteiger partial charge on any atom is 0.433 e. The molecular weight excluding hydrogens is 435 g/mol. The van der Waals surface area contributed by atoms with Crippen LogP contribution in [0.2, 0.25) is 0 Å². The second-order valence-corrected chi connectivity index (χ2v) is 8.40. The number of alkyl halides is 3. The number of sulfonamides is 1. The number of hydrogen-bond donors (Lipinski definition) is 1. The molecule has 0 unspecified atom stereocenters. The summed E-state index contributed by atoms with van der Waals surface area (Å²) >= 11 is 0. The molecule has 0 atom stereocenters. The van der Waals surface area contributed by atoms with Crippen molar-refractivity contribution in [1.82, 2.24) is 9.29 Å².